The molecule has 13 heavy (non-hydrogen) atoms. The lowest BCUT2D eigenvalue weighted by atomic mass is 10.3. The summed E-state index contributed by atoms with van der Waals surface area (Å²) < 4.78 is 1.73. The summed E-state index contributed by atoms with van der Waals surface area (Å²) >= 11 is 5.91. The summed E-state index contributed by atoms with van der Waals surface area (Å²) in [5, 5.41) is 5.27. The van der Waals surface area contributed by atoms with Gasteiger partial charge in [0, 0.05) is 18.4 Å². The lowest BCUT2D eigenvalue weighted by molar-refractivity contribution is 0.677. The summed E-state index contributed by atoms with van der Waals surface area (Å²) in [6, 6.07) is 1.72. The van der Waals surface area contributed by atoms with Crippen molar-refractivity contribution in [1.82, 2.24) is 14.8 Å². The molecule has 0 aliphatic rings. The van der Waals surface area contributed by atoms with E-state index in [1.807, 2.05) is 6.92 Å². The predicted molar refractivity (Wildman–Crippen MR) is 52.6 cm³/mol. The highest BCUT2D eigenvalue weighted by molar-refractivity contribution is 6.35. The lowest BCUT2D eigenvalue weighted by Gasteiger charge is -1.97. The summed E-state index contributed by atoms with van der Waals surface area (Å²) in [4.78, 5) is 4.17. The zero-order valence-corrected chi connectivity index (χ0v) is 7.91. The minimum atomic E-state index is 0.419. The normalized spacial score (nSPS) is 10.9. The number of halogens is 1. The average Bonchev–Trinajstić information content (AvgIpc) is 2.44. The Morgan fingerprint density at radius 3 is 3.08 bits per heavy atom. The van der Waals surface area contributed by atoms with Gasteiger partial charge in [-0.3, -0.25) is 0 Å². The molecule has 0 fully saturated rings. The molecule has 2 N–H and O–H groups in total. The molecule has 0 aromatic carbocycles. The Morgan fingerprint density at radius 2 is 2.38 bits per heavy atom. The van der Waals surface area contributed by atoms with Gasteiger partial charge in [-0.05, 0) is 13.0 Å². The van der Waals surface area contributed by atoms with E-state index >= 15 is 0 Å². The number of hydrogen-bond acceptors (Lipinski definition) is 3. The number of fused-ring (bicyclic) bond motifs is 1. The molecule has 2 aromatic rings. The van der Waals surface area contributed by atoms with Crippen molar-refractivity contribution >= 4 is 28.3 Å². The molecule has 2 aromatic heterocycles. The first-order valence-electron chi connectivity index (χ1n) is 4.00. The van der Waals surface area contributed by atoms with Crippen molar-refractivity contribution < 1.29 is 0 Å². The number of pyridine rings is 1. The molecule has 0 aliphatic heterocycles. The number of anilines is 1. The molecular weight excluding hydrogens is 188 g/mol. The van der Waals surface area contributed by atoms with E-state index in [9.17, 15) is 0 Å². The summed E-state index contributed by atoms with van der Waals surface area (Å²) in [7, 11) is 0. The molecule has 0 aliphatic carbocycles. The van der Waals surface area contributed by atoms with Crippen LogP contribution in [0, 0.1) is 0 Å². The third kappa shape index (κ3) is 1.14. The second kappa shape index (κ2) is 2.88. The van der Waals surface area contributed by atoms with Gasteiger partial charge in [0.05, 0.1) is 5.39 Å². The number of nitrogens with zero attached hydrogens (tertiary/aromatic N) is 3. The first kappa shape index (κ1) is 8.31. The first-order valence-corrected chi connectivity index (χ1v) is 4.38. The second-order valence-corrected chi connectivity index (χ2v) is 3.06. The number of nitrogens with two attached hydrogens (primary N) is 1. The van der Waals surface area contributed by atoms with E-state index < -0.39 is 0 Å². The summed E-state index contributed by atoms with van der Waals surface area (Å²) in [6.07, 6.45) is 1.65. The zero-order valence-electron chi connectivity index (χ0n) is 7.16. The van der Waals surface area contributed by atoms with E-state index in [1.165, 1.54) is 0 Å². The van der Waals surface area contributed by atoms with Gasteiger partial charge in [-0.2, -0.15) is 5.10 Å². The molecule has 0 radical (unpaired) electrons. The Hall–Kier alpha value is -1.29. The molecule has 0 unspecified atom stereocenters. The van der Waals surface area contributed by atoms with E-state index in [4.69, 9.17) is 17.3 Å². The maximum absolute atomic E-state index is 5.91. The third-order valence-electron chi connectivity index (χ3n) is 1.92. The molecule has 4 nitrogen and oxygen atoms in total. The monoisotopic (exact) mass is 196 g/mol. The molecule has 5 heteroatoms. The van der Waals surface area contributed by atoms with Gasteiger partial charge in [-0.15, -0.1) is 0 Å². The molecule has 68 valence electrons. The highest BCUT2D eigenvalue weighted by Crippen LogP contribution is 2.26. The van der Waals surface area contributed by atoms with Crippen LogP contribution in [0.25, 0.3) is 11.0 Å². The number of hydrogen-bond donors (Lipinski definition) is 1. The van der Waals surface area contributed by atoms with Gasteiger partial charge in [-0.25, -0.2) is 9.67 Å². The van der Waals surface area contributed by atoms with Gasteiger partial charge in [0.2, 0.25) is 0 Å². The number of aromatic nitrogens is 3. The highest BCUT2D eigenvalue weighted by Gasteiger charge is 2.10. The van der Waals surface area contributed by atoms with Crippen LogP contribution in [0.4, 0.5) is 5.69 Å². The van der Waals surface area contributed by atoms with E-state index in [2.05, 4.69) is 10.1 Å². The van der Waals surface area contributed by atoms with Gasteiger partial charge in [0.25, 0.3) is 0 Å². The molecule has 0 bridgehead atoms. The van der Waals surface area contributed by atoms with Crippen molar-refractivity contribution in [3.63, 3.8) is 0 Å². The van der Waals surface area contributed by atoms with Crippen LogP contribution in [0.1, 0.15) is 6.92 Å². The van der Waals surface area contributed by atoms with Crippen LogP contribution in [0.3, 0.4) is 0 Å². The van der Waals surface area contributed by atoms with Gasteiger partial charge in [0.15, 0.2) is 10.8 Å². The van der Waals surface area contributed by atoms with E-state index in [1.54, 1.807) is 16.9 Å². The predicted octanol–water partition coefficient (Wildman–Crippen LogP) is 1.69. The van der Waals surface area contributed by atoms with Crippen molar-refractivity contribution in [3.8, 4) is 0 Å². The number of aryl methyl sites for hydroxylation is 1. The zero-order chi connectivity index (χ0) is 9.42. The van der Waals surface area contributed by atoms with Crippen molar-refractivity contribution in [2.75, 3.05) is 5.73 Å². The molecule has 0 saturated carbocycles. The number of nitrogen functional groups attached to an aromatic ring is 1. The summed E-state index contributed by atoms with van der Waals surface area (Å²) in [5.74, 6) is 0. The van der Waals surface area contributed by atoms with E-state index in [-0.39, 0.29) is 0 Å². The summed E-state index contributed by atoms with van der Waals surface area (Å²) in [5.41, 5.74) is 7.11. The fraction of sp³-hybridized carbons (Fsp3) is 0.250. The Kier molecular flexibility index (Phi) is 1.84. The molecule has 0 amide bonds. The molecule has 0 atom stereocenters. The number of rotatable bonds is 1. The van der Waals surface area contributed by atoms with Gasteiger partial charge >= 0.3 is 0 Å². The van der Waals surface area contributed by atoms with Crippen LogP contribution in [0.15, 0.2) is 12.3 Å². The quantitative estimate of drug-likeness (QED) is 0.755. The SMILES string of the molecule is CCn1nc(Cl)c2c(N)ccnc21. The van der Waals surface area contributed by atoms with Gasteiger partial charge < -0.3 is 5.73 Å². The fourth-order valence-corrected chi connectivity index (χ4v) is 1.58. The second-order valence-electron chi connectivity index (χ2n) is 2.71. The Morgan fingerprint density at radius 1 is 1.62 bits per heavy atom. The molecule has 0 spiro atoms. The van der Waals surface area contributed by atoms with Crippen LogP contribution in [0.2, 0.25) is 5.15 Å². The molecule has 0 saturated heterocycles. The van der Waals surface area contributed by atoms with Crippen LogP contribution in [-0.2, 0) is 6.54 Å². The van der Waals surface area contributed by atoms with E-state index in [0.29, 0.717) is 10.8 Å². The topological polar surface area (TPSA) is 56.7 Å². The maximum atomic E-state index is 5.91. The van der Waals surface area contributed by atoms with Crippen molar-refractivity contribution in [3.05, 3.63) is 17.4 Å². The van der Waals surface area contributed by atoms with Crippen LogP contribution in [0.5, 0.6) is 0 Å². The Labute approximate surface area is 80.3 Å². The maximum Gasteiger partial charge on any atom is 0.162 e. The minimum absolute atomic E-state index is 0.419. The average molecular weight is 197 g/mol. The smallest absolute Gasteiger partial charge is 0.162 e. The Bertz CT molecular complexity index is 449. The minimum Gasteiger partial charge on any atom is -0.398 e. The largest absolute Gasteiger partial charge is 0.398 e. The standard InChI is InChI=1S/C8H9ClN4/c1-2-13-8-6(7(9)12-13)5(10)3-4-11-8/h3-4H,2H2,1H3,(H2,10,11). The van der Waals surface area contributed by atoms with Crippen molar-refractivity contribution in [2.24, 2.45) is 0 Å². The van der Waals surface area contributed by atoms with Crippen molar-refractivity contribution in [1.29, 1.82) is 0 Å². The van der Waals surface area contributed by atoms with Gasteiger partial charge in [-0.1, -0.05) is 11.6 Å². The fourth-order valence-electron chi connectivity index (χ4n) is 1.30. The molecular formula is C8H9ClN4. The molecule has 2 heterocycles. The van der Waals surface area contributed by atoms with Crippen LogP contribution < -0.4 is 5.73 Å². The van der Waals surface area contributed by atoms with Gasteiger partial charge in [0.1, 0.15) is 0 Å². The summed E-state index contributed by atoms with van der Waals surface area (Å²) in [6.45, 7) is 2.72. The lowest BCUT2D eigenvalue weighted by Crippen LogP contribution is -1.97. The molecule has 2 rings (SSSR count). The highest BCUT2D eigenvalue weighted by atomic mass is 35.5. The van der Waals surface area contributed by atoms with Crippen LogP contribution >= 0.6 is 11.6 Å². The third-order valence-corrected chi connectivity index (χ3v) is 2.19. The van der Waals surface area contributed by atoms with E-state index in [0.717, 1.165) is 17.6 Å². The Balaban J connectivity index is 2.87. The van der Waals surface area contributed by atoms with Crippen molar-refractivity contribution in [2.45, 2.75) is 13.5 Å². The first-order chi connectivity index (χ1) is 6.24. The van der Waals surface area contributed by atoms with Crippen LogP contribution in [-0.4, -0.2) is 14.8 Å².